The normalized spacial score (nSPS) is 19.5. The highest BCUT2D eigenvalue weighted by atomic mass is 35.5. The average Bonchev–Trinajstić information content (AvgIpc) is 2.77. The standard InChI is InChI=1S/C16H17ClN2O4/c1-8-5-11-9(2)6-10(18-19(11)7-8)13(17)12-14(20)22-16(3,4)23-15(12)21/h5-7,12-13H,1-4H3. The van der Waals surface area contributed by atoms with Gasteiger partial charge in [-0.1, -0.05) is 0 Å². The zero-order chi connectivity index (χ0) is 16.9. The zero-order valence-electron chi connectivity index (χ0n) is 13.3. The number of halogens is 1. The van der Waals surface area contributed by atoms with Crippen LogP contribution in [0.1, 0.15) is 36.0 Å². The van der Waals surface area contributed by atoms with Gasteiger partial charge < -0.3 is 9.47 Å². The molecule has 1 unspecified atom stereocenters. The molecule has 0 aromatic carbocycles. The lowest BCUT2D eigenvalue weighted by atomic mass is 10.0. The third-order valence-corrected chi connectivity index (χ3v) is 4.18. The lowest BCUT2D eigenvalue weighted by Crippen LogP contribution is -2.47. The molecule has 3 heterocycles. The Labute approximate surface area is 138 Å². The van der Waals surface area contributed by atoms with E-state index in [1.54, 1.807) is 10.6 Å². The molecule has 0 N–H and O–H groups in total. The molecule has 1 atom stereocenters. The second-order valence-corrected chi connectivity index (χ2v) is 6.69. The molecule has 2 aromatic heterocycles. The summed E-state index contributed by atoms with van der Waals surface area (Å²) in [6.07, 6.45) is 1.86. The Hall–Kier alpha value is -2.08. The average molecular weight is 337 g/mol. The van der Waals surface area contributed by atoms with Crippen LogP contribution in [-0.2, 0) is 19.1 Å². The Morgan fingerprint density at radius 1 is 1.22 bits per heavy atom. The minimum Gasteiger partial charge on any atom is -0.422 e. The van der Waals surface area contributed by atoms with Crippen LogP contribution in [0.5, 0.6) is 0 Å². The van der Waals surface area contributed by atoms with Crippen molar-refractivity contribution in [3.8, 4) is 0 Å². The van der Waals surface area contributed by atoms with Crippen molar-refractivity contribution >= 4 is 29.1 Å². The third kappa shape index (κ3) is 2.79. The predicted molar refractivity (Wildman–Crippen MR) is 83.0 cm³/mol. The lowest BCUT2D eigenvalue weighted by Gasteiger charge is -2.34. The van der Waals surface area contributed by atoms with Crippen molar-refractivity contribution in [2.75, 3.05) is 0 Å². The van der Waals surface area contributed by atoms with Crippen LogP contribution in [0.15, 0.2) is 18.3 Å². The summed E-state index contributed by atoms with van der Waals surface area (Å²) in [5, 5.41) is 3.45. The van der Waals surface area contributed by atoms with Gasteiger partial charge in [-0.15, -0.1) is 11.6 Å². The first-order valence-electron chi connectivity index (χ1n) is 7.24. The maximum absolute atomic E-state index is 12.1. The Kier molecular flexibility index (Phi) is 3.59. The van der Waals surface area contributed by atoms with Gasteiger partial charge in [0.1, 0.15) is 5.38 Å². The summed E-state index contributed by atoms with van der Waals surface area (Å²) in [5.41, 5.74) is 3.38. The van der Waals surface area contributed by atoms with Gasteiger partial charge in [0.2, 0.25) is 0 Å². The quantitative estimate of drug-likeness (QED) is 0.479. The van der Waals surface area contributed by atoms with E-state index < -0.39 is 29.0 Å². The van der Waals surface area contributed by atoms with Crippen molar-refractivity contribution < 1.29 is 19.1 Å². The van der Waals surface area contributed by atoms with Gasteiger partial charge in [-0.05, 0) is 37.1 Å². The number of carbonyl (C=O) groups is 2. The fraction of sp³-hybridized carbons (Fsp3) is 0.438. The number of aryl methyl sites for hydroxylation is 2. The smallest absolute Gasteiger partial charge is 0.325 e. The number of carbonyl (C=O) groups excluding carboxylic acids is 2. The summed E-state index contributed by atoms with van der Waals surface area (Å²) in [5.74, 6) is -3.90. The maximum Gasteiger partial charge on any atom is 0.325 e. The number of esters is 2. The molecule has 1 aliphatic heterocycles. The van der Waals surface area contributed by atoms with E-state index in [9.17, 15) is 9.59 Å². The molecule has 0 amide bonds. The van der Waals surface area contributed by atoms with Gasteiger partial charge in [-0.2, -0.15) is 5.10 Å². The van der Waals surface area contributed by atoms with Crippen LogP contribution >= 0.6 is 11.6 Å². The van der Waals surface area contributed by atoms with Gasteiger partial charge >= 0.3 is 11.9 Å². The SMILES string of the molecule is Cc1cc2c(C)cc(C(Cl)C3C(=O)OC(C)(C)OC3=O)nn2c1. The first-order valence-corrected chi connectivity index (χ1v) is 7.68. The molecule has 0 bridgehead atoms. The highest BCUT2D eigenvalue weighted by molar-refractivity contribution is 6.24. The van der Waals surface area contributed by atoms with Crippen LogP contribution in [0, 0.1) is 19.8 Å². The molecule has 6 nitrogen and oxygen atoms in total. The van der Waals surface area contributed by atoms with E-state index >= 15 is 0 Å². The second-order valence-electron chi connectivity index (χ2n) is 6.22. The minimum atomic E-state index is -1.27. The number of alkyl halides is 1. The fourth-order valence-electron chi connectivity index (χ4n) is 2.68. The number of rotatable bonds is 2. The number of fused-ring (bicyclic) bond motifs is 1. The summed E-state index contributed by atoms with van der Waals surface area (Å²) in [6, 6.07) is 3.77. The molecule has 1 fully saturated rings. The molecule has 1 aliphatic rings. The number of hydrogen-bond acceptors (Lipinski definition) is 5. The zero-order valence-corrected chi connectivity index (χ0v) is 14.0. The number of cyclic esters (lactones) is 2. The van der Waals surface area contributed by atoms with Crippen molar-refractivity contribution in [1.29, 1.82) is 0 Å². The highest BCUT2D eigenvalue weighted by Gasteiger charge is 2.47. The van der Waals surface area contributed by atoms with Crippen molar-refractivity contribution in [2.24, 2.45) is 5.92 Å². The highest BCUT2D eigenvalue weighted by Crippen LogP contribution is 2.35. The molecule has 122 valence electrons. The molecule has 1 saturated heterocycles. The van der Waals surface area contributed by atoms with Gasteiger partial charge in [-0.25, -0.2) is 4.52 Å². The van der Waals surface area contributed by atoms with Crippen LogP contribution in [0.2, 0.25) is 0 Å². The van der Waals surface area contributed by atoms with Crippen molar-refractivity contribution in [1.82, 2.24) is 9.61 Å². The van der Waals surface area contributed by atoms with Crippen LogP contribution in [-0.4, -0.2) is 27.3 Å². The number of hydrogen-bond donors (Lipinski definition) is 0. The molecular weight excluding hydrogens is 320 g/mol. The molecule has 0 saturated carbocycles. The van der Waals surface area contributed by atoms with Crippen LogP contribution in [0.3, 0.4) is 0 Å². The van der Waals surface area contributed by atoms with Crippen molar-refractivity contribution in [3.63, 3.8) is 0 Å². The Bertz CT molecular complexity index is 792. The summed E-state index contributed by atoms with van der Waals surface area (Å²) in [4.78, 5) is 24.3. The minimum absolute atomic E-state index is 0.422. The predicted octanol–water partition coefficient (Wildman–Crippen LogP) is 2.68. The van der Waals surface area contributed by atoms with Gasteiger partial charge in [0.15, 0.2) is 5.92 Å². The number of ether oxygens (including phenoxy) is 2. The summed E-state index contributed by atoms with van der Waals surface area (Å²) in [6.45, 7) is 6.88. The number of aromatic nitrogens is 2. The van der Waals surface area contributed by atoms with Gasteiger partial charge in [0.25, 0.3) is 5.79 Å². The Morgan fingerprint density at radius 3 is 2.43 bits per heavy atom. The maximum atomic E-state index is 12.1. The monoisotopic (exact) mass is 336 g/mol. The first-order chi connectivity index (χ1) is 10.7. The van der Waals surface area contributed by atoms with Crippen molar-refractivity contribution in [2.45, 2.75) is 38.9 Å². The molecule has 0 spiro atoms. The van der Waals surface area contributed by atoms with E-state index in [4.69, 9.17) is 21.1 Å². The third-order valence-electron chi connectivity index (χ3n) is 3.70. The molecule has 23 heavy (non-hydrogen) atoms. The number of nitrogens with zero attached hydrogens (tertiary/aromatic N) is 2. The fourth-order valence-corrected chi connectivity index (χ4v) is 2.99. The molecule has 0 aliphatic carbocycles. The van der Waals surface area contributed by atoms with Gasteiger partial charge in [-0.3, -0.25) is 9.59 Å². The van der Waals surface area contributed by atoms with E-state index in [1.807, 2.05) is 26.1 Å². The largest absolute Gasteiger partial charge is 0.422 e. The summed E-state index contributed by atoms with van der Waals surface area (Å²) in [7, 11) is 0. The Morgan fingerprint density at radius 2 is 1.83 bits per heavy atom. The topological polar surface area (TPSA) is 69.9 Å². The van der Waals surface area contributed by atoms with E-state index in [2.05, 4.69) is 5.10 Å². The van der Waals surface area contributed by atoms with E-state index in [0.29, 0.717) is 5.69 Å². The summed E-state index contributed by atoms with van der Waals surface area (Å²) < 4.78 is 11.9. The second kappa shape index (κ2) is 5.23. The summed E-state index contributed by atoms with van der Waals surface area (Å²) >= 11 is 6.37. The van der Waals surface area contributed by atoms with E-state index in [-0.39, 0.29) is 0 Å². The molecule has 7 heteroatoms. The molecule has 2 aromatic rings. The molecular formula is C16H17ClN2O4. The van der Waals surface area contributed by atoms with Crippen molar-refractivity contribution in [3.05, 3.63) is 35.2 Å². The van der Waals surface area contributed by atoms with Crippen LogP contribution in [0.4, 0.5) is 0 Å². The Balaban J connectivity index is 1.98. The van der Waals surface area contributed by atoms with E-state index in [0.717, 1.165) is 16.6 Å². The first kappa shape index (κ1) is 15.8. The molecule has 0 radical (unpaired) electrons. The van der Waals surface area contributed by atoms with Crippen LogP contribution in [0.25, 0.3) is 5.52 Å². The lowest BCUT2D eigenvalue weighted by molar-refractivity contribution is -0.240. The van der Waals surface area contributed by atoms with Gasteiger partial charge in [0.05, 0.1) is 11.2 Å². The van der Waals surface area contributed by atoms with E-state index in [1.165, 1.54) is 13.8 Å². The molecule has 3 rings (SSSR count). The van der Waals surface area contributed by atoms with Gasteiger partial charge in [0, 0.05) is 20.0 Å². The van der Waals surface area contributed by atoms with Crippen LogP contribution < -0.4 is 0 Å².